The van der Waals surface area contributed by atoms with E-state index in [0.29, 0.717) is 17.1 Å². The lowest BCUT2D eigenvalue weighted by Crippen LogP contribution is -2.40. The van der Waals surface area contributed by atoms with Gasteiger partial charge in [-0.1, -0.05) is 32.4 Å². The maximum Gasteiger partial charge on any atom is 0.254 e. The number of likely N-dealkylation sites (tertiary alicyclic amines) is 1. The fourth-order valence-corrected chi connectivity index (χ4v) is 3.92. The molecule has 0 radical (unpaired) electrons. The van der Waals surface area contributed by atoms with Crippen molar-refractivity contribution in [3.05, 3.63) is 46.7 Å². The second kappa shape index (κ2) is 8.89. The highest BCUT2D eigenvalue weighted by atomic mass is 35.5. The number of rotatable bonds is 6. The lowest BCUT2D eigenvalue weighted by Gasteiger charge is -2.30. The molecule has 6 heteroatoms. The molecule has 1 aromatic carbocycles. The molecule has 2 heterocycles. The zero-order valence-corrected chi connectivity index (χ0v) is 17.2. The Labute approximate surface area is 166 Å². The summed E-state index contributed by atoms with van der Waals surface area (Å²) in [5.41, 5.74) is 2.47. The number of piperidine rings is 1. The van der Waals surface area contributed by atoms with E-state index in [-0.39, 0.29) is 11.8 Å². The maximum atomic E-state index is 12.8. The van der Waals surface area contributed by atoms with Gasteiger partial charge in [-0.15, -0.1) is 0 Å². The van der Waals surface area contributed by atoms with Crippen LogP contribution in [0.3, 0.4) is 0 Å². The third-order valence-corrected chi connectivity index (χ3v) is 5.38. The van der Waals surface area contributed by atoms with Crippen LogP contribution in [0.1, 0.15) is 55.6 Å². The Morgan fingerprint density at radius 2 is 2.07 bits per heavy atom. The highest BCUT2D eigenvalue weighted by molar-refractivity contribution is 6.30. The zero-order valence-electron chi connectivity index (χ0n) is 16.4. The number of nitrogens with zero attached hydrogens (tertiary/aromatic N) is 3. The molecule has 5 nitrogen and oxygen atoms in total. The topological polar surface area (TPSA) is 50.2 Å². The van der Waals surface area contributed by atoms with Crippen molar-refractivity contribution in [1.82, 2.24) is 20.0 Å². The first kappa shape index (κ1) is 19.9. The van der Waals surface area contributed by atoms with E-state index in [0.717, 1.165) is 36.9 Å². The second-order valence-electron chi connectivity index (χ2n) is 7.79. The van der Waals surface area contributed by atoms with Gasteiger partial charge in [-0.2, -0.15) is 5.10 Å². The van der Waals surface area contributed by atoms with E-state index in [1.54, 1.807) is 6.20 Å². The van der Waals surface area contributed by atoms with Crippen molar-refractivity contribution in [2.24, 2.45) is 5.92 Å². The fraction of sp³-hybridized carbons (Fsp3) is 0.524. The van der Waals surface area contributed by atoms with Crippen LogP contribution in [-0.2, 0) is 0 Å². The average Bonchev–Trinajstić information content (AvgIpc) is 3.08. The first-order chi connectivity index (χ1) is 13.0. The van der Waals surface area contributed by atoms with Gasteiger partial charge in [-0.25, -0.2) is 4.68 Å². The highest BCUT2D eigenvalue weighted by Gasteiger charge is 2.21. The zero-order chi connectivity index (χ0) is 19.4. The molecule has 1 N–H and O–H groups in total. The molecular weight excluding hydrogens is 360 g/mol. The summed E-state index contributed by atoms with van der Waals surface area (Å²) in [6.07, 6.45) is 4.23. The van der Waals surface area contributed by atoms with Crippen LogP contribution in [0, 0.1) is 5.92 Å². The lowest BCUT2D eigenvalue weighted by molar-refractivity contribution is 0.0942. The van der Waals surface area contributed by atoms with Crippen molar-refractivity contribution >= 4 is 17.5 Å². The molecule has 1 unspecified atom stereocenters. The predicted octanol–water partition coefficient (Wildman–Crippen LogP) is 4.11. The largest absolute Gasteiger partial charge is 0.351 e. The minimum absolute atomic E-state index is 0.0519. The summed E-state index contributed by atoms with van der Waals surface area (Å²) in [6.45, 7) is 10.3. The van der Waals surface area contributed by atoms with Crippen LogP contribution in [0.15, 0.2) is 30.5 Å². The van der Waals surface area contributed by atoms with Crippen LogP contribution in [0.5, 0.6) is 0 Å². The number of hydrogen-bond donors (Lipinski definition) is 1. The van der Waals surface area contributed by atoms with E-state index < -0.39 is 0 Å². The number of aromatic nitrogens is 2. The normalized spacial score (nSPS) is 18.0. The predicted molar refractivity (Wildman–Crippen MR) is 110 cm³/mol. The summed E-state index contributed by atoms with van der Waals surface area (Å²) in [4.78, 5) is 15.2. The number of carbonyl (C=O) groups excluding carboxylic acids is 1. The number of hydrogen-bond acceptors (Lipinski definition) is 3. The molecule has 1 saturated heterocycles. The quantitative estimate of drug-likeness (QED) is 0.810. The molecule has 0 bridgehead atoms. The molecule has 1 aliphatic rings. The minimum atomic E-state index is -0.0519. The van der Waals surface area contributed by atoms with Crippen molar-refractivity contribution in [2.75, 3.05) is 26.2 Å². The van der Waals surface area contributed by atoms with Gasteiger partial charge in [0, 0.05) is 24.7 Å². The van der Waals surface area contributed by atoms with Gasteiger partial charge in [0.1, 0.15) is 0 Å². The third-order valence-electron chi connectivity index (χ3n) is 5.12. The van der Waals surface area contributed by atoms with Crippen LogP contribution < -0.4 is 5.32 Å². The number of amides is 1. The van der Waals surface area contributed by atoms with Crippen LogP contribution in [-0.4, -0.2) is 46.8 Å². The molecular formula is C21H29ClN4O. The minimum Gasteiger partial charge on any atom is -0.351 e. The van der Waals surface area contributed by atoms with Crippen LogP contribution >= 0.6 is 11.6 Å². The molecule has 2 aromatic rings. The standard InChI is InChI=1S/C21H29ClN4O/c1-15(2)20-19(13-24-26(20)18-8-6-17(22)7-9-18)21(27)23-10-12-25-11-4-5-16(3)14-25/h6-9,13,15-16H,4-5,10-12,14H2,1-3H3,(H,23,27). The maximum absolute atomic E-state index is 12.8. The molecule has 1 aromatic heterocycles. The Balaban J connectivity index is 1.68. The third kappa shape index (κ3) is 4.90. The molecule has 1 aliphatic heterocycles. The number of nitrogens with one attached hydrogen (secondary N) is 1. The molecule has 1 amide bonds. The Bertz CT molecular complexity index is 769. The molecule has 1 fully saturated rings. The van der Waals surface area contributed by atoms with E-state index in [1.807, 2.05) is 28.9 Å². The van der Waals surface area contributed by atoms with Gasteiger partial charge in [-0.05, 0) is 55.5 Å². The fourth-order valence-electron chi connectivity index (χ4n) is 3.79. The molecule has 146 valence electrons. The summed E-state index contributed by atoms with van der Waals surface area (Å²) in [5.74, 6) is 0.871. The van der Waals surface area contributed by atoms with Gasteiger partial charge in [0.25, 0.3) is 5.91 Å². The van der Waals surface area contributed by atoms with Crippen LogP contribution in [0.4, 0.5) is 0 Å². The molecule has 0 aliphatic carbocycles. The van der Waals surface area contributed by atoms with Crippen molar-refractivity contribution in [1.29, 1.82) is 0 Å². The van der Waals surface area contributed by atoms with Crippen molar-refractivity contribution in [3.8, 4) is 5.69 Å². The Hall–Kier alpha value is -1.85. The Morgan fingerprint density at radius 3 is 2.74 bits per heavy atom. The Morgan fingerprint density at radius 1 is 1.33 bits per heavy atom. The van der Waals surface area contributed by atoms with E-state index >= 15 is 0 Å². The van der Waals surface area contributed by atoms with Crippen molar-refractivity contribution in [3.63, 3.8) is 0 Å². The molecule has 3 rings (SSSR count). The first-order valence-electron chi connectivity index (χ1n) is 9.80. The Kier molecular flexibility index (Phi) is 6.55. The second-order valence-corrected chi connectivity index (χ2v) is 8.23. The number of benzene rings is 1. The summed E-state index contributed by atoms with van der Waals surface area (Å²) in [6, 6.07) is 7.50. The van der Waals surface area contributed by atoms with Gasteiger partial charge >= 0.3 is 0 Å². The van der Waals surface area contributed by atoms with Crippen LogP contribution in [0.2, 0.25) is 5.02 Å². The van der Waals surface area contributed by atoms with Gasteiger partial charge in [0.05, 0.1) is 23.1 Å². The van der Waals surface area contributed by atoms with Crippen molar-refractivity contribution < 1.29 is 4.79 Å². The number of halogens is 1. The van der Waals surface area contributed by atoms with Gasteiger partial charge in [-0.3, -0.25) is 4.79 Å². The summed E-state index contributed by atoms with van der Waals surface area (Å²) in [5, 5.41) is 8.23. The van der Waals surface area contributed by atoms with E-state index in [2.05, 4.69) is 36.1 Å². The highest BCUT2D eigenvalue weighted by Crippen LogP contribution is 2.24. The van der Waals surface area contributed by atoms with Gasteiger partial charge in [0.15, 0.2) is 0 Å². The molecule has 0 saturated carbocycles. The molecule has 27 heavy (non-hydrogen) atoms. The van der Waals surface area contributed by atoms with Gasteiger partial charge < -0.3 is 10.2 Å². The van der Waals surface area contributed by atoms with Crippen molar-refractivity contribution in [2.45, 2.75) is 39.5 Å². The smallest absolute Gasteiger partial charge is 0.254 e. The summed E-state index contributed by atoms with van der Waals surface area (Å²) >= 11 is 5.99. The average molecular weight is 389 g/mol. The lowest BCUT2D eigenvalue weighted by atomic mass is 10.0. The van der Waals surface area contributed by atoms with Gasteiger partial charge in [0.2, 0.25) is 0 Å². The number of carbonyl (C=O) groups is 1. The summed E-state index contributed by atoms with van der Waals surface area (Å²) < 4.78 is 1.84. The van der Waals surface area contributed by atoms with E-state index in [1.165, 1.54) is 12.8 Å². The molecule has 1 atom stereocenters. The van der Waals surface area contributed by atoms with E-state index in [9.17, 15) is 4.79 Å². The monoisotopic (exact) mass is 388 g/mol. The summed E-state index contributed by atoms with van der Waals surface area (Å²) in [7, 11) is 0. The SMILES string of the molecule is CC1CCCN(CCNC(=O)c2cnn(-c3ccc(Cl)cc3)c2C(C)C)C1. The van der Waals surface area contributed by atoms with E-state index in [4.69, 9.17) is 11.6 Å². The first-order valence-corrected chi connectivity index (χ1v) is 10.2. The van der Waals surface area contributed by atoms with Crippen LogP contribution in [0.25, 0.3) is 5.69 Å². The molecule has 0 spiro atoms.